The van der Waals surface area contributed by atoms with Crippen LogP contribution in [0.4, 0.5) is 0 Å². The number of hydrogen-bond acceptors (Lipinski definition) is 3. The van der Waals surface area contributed by atoms with E-state index in [9.17, 15) is 5.11 Å². The molecule has 0 amide bonds. The first kappa shape index (κ1) is 18.0. The van der Waals surface area contributed by atoms with Gasteiger partial charge in [-0.2, -0.15) is 0 Å². The maximum atomic E-state index is 10.9. The molecule has 0 atom stereocenters. The number of methoxy groups -OCH3 is 1. The second-order valence-corrected chi connectivity index (χ2v) is 7.15. The maximum absolute atomic E-state index is 10.9. The standard InChI is InChI=1S/C22H29NO2/c1-25-21-9-7-20(8-10-21)11-13-22(24)14-17-23(18-15-22)16-12-19-5-3-2-4-6-19/h2-10,24H,11-18H2,1H3. The average molecular weight is 339 g/mol. The van der Waals surface area contributed by atoms with E-state index in [0.29, 0.717) is 0 Å². The molecule has 2 aromatic rings. The molecule has 0 unspecified atom stereocenters. The Morgan fingerprint density at radius 1 is 0.920 bits per heavy atom. The van der Waals surface area contributed by atoms with Gasteiger partial charge in [-0.25, -0.2) is 0 Å². The molecule has 134 valence electrons. The van der Waals surface area contributed by atoms with Gasteiger partial charge in [0, 0.05) is 19.6 Å². The number of ether oxygens (including phenoxy) is 1. The molecule has 3 rings (SSSR count). The first-order valence-corrected chi connectivity index (χ1v) is 9.28. The molecular weight excluding hydrogens is 310 g/mol. The molecule has 1 heterocycles. The van der Waals surface area contributed by atoms with Crippen molar-refractivity contribution in [3.63, 3.8) is 0 Å². The van der Waals surface area contributed by atoms with Gasteiger partial charge in [-0.15, -0.1) is 0 Å². The van der Waals surface area contributed by atoms with Gasteiger partial charge in [-0.05, 0) is 55.4 Å². The summed E-state index contributed by atoms with van der Waals surface area (Å²) in [4.78, 5) is 2.48. The summed E-state index contributed by atoms with van der Waals surface area (Å²) in [5, 5.41) is 10.9. The Labute approximate surface area is 151 Å². The second kappa shape index (κ2) is 8.50. The van der Waals surface area contributed by atoms with Crippen molar-refractivity contribution in [2.45, 2.75) is 37.7 Å². The molecule has 0 bridgehead atoms. The Morgan fingerprint density at radius 2 is 1.56 bits per heavy atom. The van der Waals surface area contributed by atoms with Gasteiger partial charge >= 0.3 is 0 Å². The summed E-state index contributed by atoms with van der Waals surface area (Å²) in [5.74, 6) is 0.884. The van der Waals surface area contributed by atoms with Crippen LogP contribution >= 0.6 is 0 Å². The predicted molar refractivity (Wildman–Crippen MR) is 102 cm³/mol. The zero-order valence-corrected chi connectivity index (χ0v) is 15.2. The Morgan fingerprint density at radius 3 is 2.20 bits per heavy atom. The molecule has 1 aliphatic heterocycles. The molecule has 0 spiro atoms. The van der Waals surface area contributed by atoms with Crippen molar-refractivity contribution >= 4 is 0 Å². The molecule has 3 heteroatoms. The van der Waals surface area contributed by atoms with Gasteiger partial charge in [0.2, 0.25) is 0 Å². The Balaban J connectivity index is 1.42. The number of nitrogens with zero attached hydrogens (tertiary/aromatic N) is 1. The molecule has 1 aliphatic rings. The van der Waals surface area contributed by atoms with Crippen LogP contribution in [0.25, 0.3) is 0 Å². The van der Waals surface area contributed by atoms with Crippen LogP contribution in [0.3, 0.4) is 0 Å². The first-order valence-electron chi connectivity index (χ1n) is 9.28. The van der Waals surface area contributed by atoms with E-state index in [4.69, 9.17) is 4.74 Å². The summed E-state index contributed by atoms with van der Waals surface area (Å²) in [6.07, 6.45) is 4.59. The van der Waals surface area contributed by atoms with Crippen molar-refractivity contribution in [3.05, 3.63) is 65.7 Å². The lowest BCUT2D eigenvalue weighted by Crippen LogP contribution is -2.45. The van der Waals surface area contributed by atoms with E-state index in [1.54, 1.807) is 7.11 Å². The number of piperidine rings is 1. The van der Waals surface area contributed by atoms with E-state index in [1.807, 2.05) is 12.1 Å². The van der Waals surface area contributed by atoms with Crippen LogP contribution in [0.5, 0.6) is 5.75 Å². The molecule has 0 aromatic heterocycles. The van der Waals surface area contributed by atoms with Gasteiger partial charge in [0.05, 0.1) is 12.7 Å². The number of benzene rings is 2. The second-order valence-electron chi connectivity index (χ2n) is 7.15. The number of aryl methyl sites for hydroxylation is 1. The topological polar surface area (TPSA) is 32.7 Å². The molecule has 1 N–H and O–H groups in total. The quantitative estimate of drug-likeness (QED) is 0.835. The third kappa shape index (κ3) is 5.32. The van der Waals surface area contributed by atoms with E-state index < -0.39 is 5.60 Å². The third-order valence-electron chi connectivity index (χ3n) is 5.38. The zero-order valence-electron chi connectivity index (χ0n) is 15.2. The highest BCUT2D eigenvalue weighted by atomic mass is 16.5. The van der Waals surface area contributed by atoms with Crippen molar-refractivity contribution in [1.82, 2.24) is 4.90 Å². The van der Waals surface area contributed by atoms with E-state index in [-0.39, 0.29) is 0 Å². The lowest BCUT2D eigenvalue weighted by Gasteiger charge is -2.38. The number of rotatable bonds is 7. The van der Waals surface area contributed by atoms with Crippen LogP contribution in [0.2, 0.25) is 0 Å². The zero-order chi connectivity index (χ0) is 17.5. The highest BCUT2D eigenvalue weighted by molar-refractivity contribution is 5.27. The van der Waals surface area contributed by atoms with Crippen molar-refractivity contribution in [3.8, 4) is 5.75 Å². The average Bonchev–Trinajstić information content (AvgIpc) is 2.67. The summed E-state index contributed by atoms with van der Waals surface area (Å²) < 4.78 is 5.20. The van der Waals surface area contributed by atoms with Gasteiger partial charge < -0.3 is 14.7 Å². The van der Waals surface area contributed by atoms with Gasteiger partial charge in [0.15, 0.2) is 0 Å². The van der Waals surface area contributed by atoms with Crippen LogP contribution in [-0.2, 0) is 12.8 Å². The van der Waals surface area contributed by atoms with Crippen LogP contribution in [0, 0.1) is 0 Å². The Kier molecular flexibility index (Phi) is 6.11. The van der Waals surface area contributed by atoms with E-state index in [1.165, 1.54) is 11.1 Å². The fourth-order valence-corrected chi connectivity index (χ4v) is 3.54. The third-order valence-corrected chi connectivity index (χ3v) is 5.38. The number of hydrogen-bond donors (Lipinski definition) is 1. The molecule has 1 saturated heterocycles. The maximum Gasteiger partial charge on any atom is 0.118 e. The van der Waals surface area contributed by atoms with Crippen LogP contribution < -0.4 is 4.74 Å². The normalized spacial score (nSPS) is 17.4. The molecule has 2 aromatic carbocycles. The predicted octanol–water partition coefficient (Wildman–Crippen LogP) is 3.70. The molecular formula is C22H29NO2. The SMILES string of the molecule is COc1ccc(CCC2(O)CCN(CCc3ccccc3)CC2)cc1. The van der Waals surface area contributed by atoms with Crippen LogP contribution in [-0.4, -0.2) is 42.4 Å². The lowest BCUT2D eigenvalue weighted by atomic mass is 9.85. The van der Waals surface area contributed by atoms with Crippen LogP contribution in [0.1, 0.15) is 30.4 Å². The first-order chi connectivity index (χ1) is 12.2. The van der Waals surface area contributed by atoms with Gasteiger partial charge in [0.25, 0.3) is 0 Å². The molecule has 25 heavy (non-hydrogen) atoms. The summed E-state index contributed by atoms with van der Waals surface area (Å²) >= 11 is 0. The summed E-state index contributed by atoms with van der Waals surface area (Å²) in [7, 11) is 1.68. The van der Waals surface area contributed by atoms with Crippen molar-refractivity contribution in [2.75, 3.05) is 26.7 Å². The molecule has 3 nitrogen and oxygen atoms in total. The minimum Gasteiger partial charge on any atom is -0.497 e. The highest BCUT2D eigenvalue weighted by Crippen LogP contribution is 2.27. The smallest absolute Gasteiger partial charge is 0.118 e. The molecule has 0 saturated carbocycles. The van der Waals surface area contributed by atoms with E-state index >= 15 is 0 Å². The minimum atomic E-state index is -0.511. The minimum absolute atomic E-state index is 0.511. The van der Waals surface area contributed by atoms with Gasteiger partial charge in [-0.3, -0.25) is 0 Å². The van der Waals surface area contributed by atoms with Crippen molar-refractivity contribution < 1.29 is 9.84 Å². The largest absolute Gasteiger partial charge is 0.497 e. The molecule has 0 radical (unpaired) electrons. The summed E-state index contributed by atoms with van der Waals surface area (Å²) in [6, 6.07) is 18.8. The summed E-state index contributed by atoms with van der Waals surface area (Å²) in [6.45, 7) is 3.07. The fourth-order valence-electron chi connectivity index (χ4n) is 3.54. The van der Waals surface area contributed by atoms with Gasteiger partial charge in [-0.1, -0.05) is 42.5 Å². The van der Waals surface area contributed by atoms with E-state index in [2.05, 4.69) is 47.4 Å². The Bertz CT molecular complexity index is 631. The fraction of sp³-hybridized carbons (Fsp3) is 0.455. The number of aliphatic hydroxyl groups is 1. The molecule has 0 aliphatic carbocycles. The summed E-state index contributed by atoms with van der Waals surface area (Å²) in [5.41, 5.74) is 2.15. The van der Waals surface area contributed by atoms with Crippen molar-refractivity contribution in [2.24, 2.45) is 0 Å². The van der Waals surface area contributed by atoms with Crippen LogP contribution in [0.15, 0.2) is 54.6 Å². The monoisotopic (exact) mass is 339 g/mol. The number of likely N-dealkylation sites (tertiary alicyclic amines) is 1. The lowest BCUT2D eigenvalue weighted by molar-refractivity contribution is -0.0269. The highest BCUT2D eigenvalue weighted by Gasteiger charge is 2.31. The van der Waals surface area contributed by atoms with E-state index in [0.717, 1.165) is 57.5 Å². The van der Waals surface area contributed by atoms with Gasteiger partial charge in [0.1, 0.15) is 5.75 Å². The van der Waals surface area contributed by atoms with Crippen molar-refractivity contribution in [1.29, 1.82) is 0 Å². The molecule has 1 fully saturated rings. The Hall–Kier alpha value is -1.84.